The molecular weight excluding hydrogens is 827 g/mol. The second-order valence-electron chi connectivity index (χ2n) is 17.9. The lowest BCUT2D eigenvalue weighted by Gasteiger charge is -2.42. The van der Waals surface area contributed by atoms with Gasteiger partial charge in [-0.25, -0.2) is 19.9 Å². The molecule has 0 N–H and O–H groups in total. The third kappa shape index (κ3) is 7.31. The number of fused-ring (bicyclic) bond motifs is 3. The molecule has 11 aromatic rings. The minimum atomic E-state index is -0.148. The van der Waals surface area contributed by atoms with Crippen molar-refractivity contribution in [3.05, 3.63) is 248 Å². The normalized spacial score (nSPS) is 12.6. The molecule has 0 amide bonds. The van der Waals surface area contributed by atoms with Crippen LogP contribution in [0.1, 0.15) is 25.0 Å². The van der Waals surface area contributed by atoms with Crippen molar-refractivity contribution in [2.24, 2.45) is 0 Å². The van der Waals surface area contributed by atoms with E-state index in [9.17, 15) is 0 Å². The van der Waals surface area contributed by atoms with Crippen molar-refractivity contribution in [2.75, 3.05) is 4.90 Å². The van der Waals surface area contributed by atoms with E-state index in [0.717, 1.165) is 84.1 Å². The first kappa shape index (κ1) is 40.7. The lowest BCUT2D eigenvalue weighted by molar-refractivity contribution is 0.632. The van der Waals surface area contributed by atoms with Crippen molar-refractivity contribution >= 4 is 28.4 Å². The molecular formula is C63H45N5. The fourth-order valence-electron chi connectivity index (χ4n) is 9.76. The molecule has 5 nitrogen and oxygen atoms in total. The Balaban J connectivity index is 1.02. The zero-order valence-corrected chi connectivity index (χ0v) is 37.8. The standard InChI is InChI=1S/C63H45N5/c1-63(2)53-22-12-14-24-55(53)68(56-25-15-13-23-54(56)63)52-40-38-51(39-41-52)60-59(50-36-30-47(31-37-50)44-20-10-5-11-21-44)66-61-62(67-60)65-58(49-34-28-46(29-35-49)43-18-8-4-9-19-43)57(64-61)48-32-26-45(27-33-48)42-16-6-3-7-17-42/h3-41H,1-2H3. The van der Waals surface area contributed by atoms with Gasteiger partial charge in [-0.15, -0.1) is 0 Å². The molecule has 0 unspecified atom stereocenters. The van der Waals surface area contributed by atoms with Gasteiger partial charge in [0.1, 0.15) is 0 Å². The van der Waals surface area contributed by atoms with Crippen LogP contribution in [0.3, 0.4) is 0 Å². The predicted molar refractivity (Wildman–Crippen MR) is 280 cm³/mol. The minimum absolute atomic E-state index is 0.148. The third-order valence-electron chi connectivity index (χ3n) is 13.4. The molecule has 12 rings (SSSR count). The molecule has 322 valence electrons. The van der Waals surface area contributed by atoms with Crippen LogP contribution < -0.4 is 4.90 Å². The van der Waals surface area contributed by atoms with Crippen LogP contribution in [0.2, 0.25) is 0 Å². The molecule has 0 atom stereocenters. The van der Waals surface area contributed by atoms with Gasteiger partial charge in [0, 0.05) is 33.4 Å². The molecule has 9 aromatic carbocycles. The van der Waals surface area contributed by atoms with Crippen molar-refractivity contribution in [3.8, 4) is 78.4 Å². The Bertz CT molecular complexity index is 3540. The smallest absolute Gasteiger partial charge is 0.199 e. The largest absolute Gasteiger partial charge is 0.310 e. The average Bonchev–Trinajstić information content (AvgIpc) is 3.41. The van der Waals surface area contributed by atoms with E-state index in [-0.39, 0.29) is 5.41 Å². The Labute approximate surface area is 396 Å². The van der Waals surface area contributed by atoms with Gasteiger partial charge in [0.15, 0.2) is 11.3 Å². The van der Waals surface area contributed by atoms with Gasteiger partial charge in [-0.05, 0) is 68.8 Å². The van der Waals surface area contributed by atoms with E-state index >= 15 is 0 Å². The van der Waals surface area contributed by atoms with Gasteiger partial charge in [-0.2, -0.15) is 0 Å². The summed E-state index contributed by atoms with van der Waals surface area (Å²) in [5.41, 5.74) is 20.4. The summed E-state index contributed by atoms with van der Waals surface area (Å²) in [4.78, 5) is 24.0. The van der Waals surface area contributed by atoms with Gasteiger partial charge in [0.25, 0.3) is 0 Å². The zero-order valence-electron chi connectivity index (χ0n) is 37.8. The number of hydrogen-bond donors (Lipinski definition) is 0. The minimum Gasteiger partial charge on any atom is -0.310 e. The van der Waals surface area contributed by atoms with Crippen molar-refractivity contribution in [1.29, 1.82) is 0 Å². The van der Waals surface area contributed by atoms with Crippen molar-refractivity contribution in [2.45, 2.75) is 19.3 Å². The highest BCUT2D eigenvalue weighted by atomic mass is 15.2. The maximum absolute atomic E-state index is 5.43. The van der Waals surface area contributed by atoms with Gasteiger partial charge in [0.2, 0.25) is 0 Å². The molecule has 0 saturated heterocycles. The summed E-state index contributed by atoms with van der Waals surface area (Å²) in [6.45, 7) is 4.63. The highest BCUT2D eigenvalue weighted by Gasteiger charge is 2.36. The number of benzene rings is 9. The first-order valence-electron chi connectivity index (χ1n) is 23.1. The van der Waals surface area contributed by atoms with Crippen LogP contribution in [0.5, 0.6) is 0 Å². The quantitative estimate of drug-likeness (QED) is 0.152. The van der Waals surface area contributed by atoms with Crippen LogP contribution in [-0.2, 0) is 5.41 Å². The molecule has 3 heterocycles. The number of hydrogen-bond acceptors (Lipinski definition) is 5. The Morgan fingerprint density at radius 1 is 0.265 bits per heavy atom. The fraction of sp³-hybridized carbons (Fsp3) is 0.0476. The third-order valence-corrected chi connectivity index (χ3v) is 13.4. The summed E-state index contributed by atoms with van der Waals surface area (Å²) in [5, 5.41) is 0. The number of aromatic nitrogens is 4. The first-order chi connectivity index (χ1) is 33.5. The van der Waals surface area contributed by atoms with Gasteiger partial charge in [0.05, 0.1) is 34.2 Å². The Morgan fingerprint density at radius 2 is 0.515 bits per heavy atom. The van der Waals surface area contributed by atoms with E-state index in [1.165, 1.54) is 22.5 Å². The molecule has 0 radical (unpaired) electrons. The van der Waals surface area contributed by atoms with E-state index in [1.807, 2.05) is 18.2 Å². The Hall–Kier alpha value is -8.80. The van der Waals surface area contributed by atoms with E-state index in [2.05, 4.69) is 237 Å². The van der Waals surface area contributed by atoms with Crippen LogP contribution in [0.25, 0.3) is 89.7 Å². The molecule has 0 saturated carbocycles. The lowest BCUT2D eigenvalue weighted by atomic mass is 9.73. The second-order valence-corrected chi connectivity index (χ2v) is 17.9. The molecule has 5 heteroatoms. The fourth-order valence-corrected chi connectivity index (χ4v) is 9.76. The second kappa shape index (κ2) is 16.9. The van der Waals surface area contributed by atoms with Crippen LogP contribution in [0, 0.1) is 0 Å². The summed E-state index contributed by atoms with van der Waals surface area (Å²) in [7, 11) is 0. The molecule has 68 heavy (non-hydrogen) atoms. The Morgan fingerprint density at radius 3 is 0.838 bits per heavy atom. The van der Waals surface area contributed by atoms with Gasteiger partial charge in [-0.1, -0.05) is 226 Å². The van der Waals surface area contributed by atoms with Crippen molar-refractivity contribution < 1.29 is 0 Å². The van der Waals surface area contributed by atoms with E-state index in [4.69, 9.17) is 19.9 Å². The summed E-state index contributed by atoms with van der Waals surface area (Å²) < 4.78 is 0. The number of nitrogens with zero attached hydrogens (tertiary/aromatic N) is 5. The van der Waals surface area contributed by atoms with Crippen molar-refractivity contribution in [3.63, 3.8) is 0 Å². The molecule has 0 bridgehead atoms. The van der Waals surface area contributed by atoms with E-state index < -0.39 is 0 Å². The van der Waals surface area contributed by atoms with Gasteiger partial charge < -0.3 is 4.90 Å². The lowest BCUT2D eigenvalue weighted by Crippen LogP contribution is -2.30. The maximum Gasteiger partial charge on any atom is 0.199 e. The van der Waals surface area contributed by atoms with Crippen LogP contribution in [0.15, 0.2) is 237 Å². The molecule has 1 aliphatic rings. The summed E-state index contributed by atoms with van der Waals surface area (Å²) in [6.07, 6.45) is 0. The highest BCUT2D eigenvalue weighted by molar-refractivity contribution is 5.91. The number of para-hydroxylation sites is 2. The summed E-state index contributed by atoms with van der Waals surface area (Å²) in [6, 6.07) is 83.3. The van der Waals surface area contributed by atoms with Crippen LogP contribution >= 0.6 is 0 Å². The summed E-state index contributed by atoms with van der Waals surface area (Å²) >= 11 is 0. The monoisotopic (exact) mass is 871 g/mol. The molecule has 2 aromatic heterocycles. The van der Waals surface area contributed by atoms with Gasteiger partial charge >= 0.3 is 0 Å². The van der Waals surface area contributed by atoms with E-state index in [1.54, 1.807) is 0 Å². The van der Waals surface area contributed by atoms with Crippen LogP contribution in [0.4, 0.5) is 17.1 Å². The zero-order chi connectivity index (χ0) is 45.6. The molecule has 1 aliphatic heterocycles. The number of rotatable bonds is 8. The topological polar surface area (TPSA) is 54.8 Å². The molecule has 0 spiro atoms. The van der Waals surface area contributed by atoms with Crippen molar-refractivity contribution in [1.82, 2.24) is 19.9 Å². The number of anilines is 3. The molecule has 0 fully saturated rings. The van der Waals surface area contributed by atoms with Crippen LogP contribution in [-0.4, -0.2) is 19.9 Å². The average molecular weight is 872 g/mol. The maximum atomic E-state index is 5.43. The summed E-state index contributed by atoms with van der Waals surface area (Å²) in [5.74, 6) is 0. The SMILES string of the molecule is CC1(C)c2ccccc2N(c2ccc(-c3nc4nc(-c5ccc(-c6ccccc6)cc5)c(-c5ccc(-c6ccccc6)cc5)nc4nc3-c3ccc(-c4ccccc4)cc3)cc2)c2ccccc21. The van der Waals surface area contributed by atoms with Gasteiger partial charge in [-0.3, -0.25) is 0 Å². The predicted octanol–water partition coefficient (Wildman–Crippen LogP) is 16.2. The first-order valence-corrected chi connectivity index (χ1v) is 23.1. The highest BCUT2D eigenvalue weighted by Crippen LogP contribution is 2.52. The Kier molecular flexibility index (Phi) is 10.1. The molecule has 0 aliphatic carbocycles. The van der Waals surface area contributed by atoms with E-state index in [0.29, 0.717) is 11.3 Å².